The van der Waals surface area contributed by atoms with E-state index >= 15 is 0 Å². The standard InChI is InChI=1S/C15H19N3O4/c1-8-17-11-6-9(5-10(13(19)20)12(11)18-8)7-16-14(21)22-15(2,3)4/h5-6H,7H2,1-4H3,(H,16,21)(H,17,18)(H,19,20). The summed E-state index contributed by atoms with van der Waals surface area (Å²) in [6.45, 7) is 7.24. The minimum Gasteiger partial charge on any atom is -0.478 e. The van der Waals surface area contributed by atoms with Gasteiger partial charge in [0.1, 0.15) is 16.9 Å². The summed E-state index contributed by atoms with van der Waals surface area (Å²) in [5.41, 5.74) is 1.20. The van der Waals surface area contributed by atoms with E-state index in [-0.39, 0.29) is 12.1 Å². The van der Waals surface area contributed by atoms with Gasteiger partial charge in [0.25, 0.3) is 0 Å². The highest BCUT2D eigenvalue weighted by atomic mass is 16.6. The summed E-state index contributed by atoms with van der Waals surface area (Å²) in [6, 6.07) is 3.27. The van der Waals surface area contributed by atoms with Gasteiger partial charge in [-0.05, 0) is 45.4 Å². The first-order chi connectivity index (χ1) is 10.2. The van der Waals surface area contributed by atoms with Crippen molar-refractivity contribution in [3.05, 3.63) is 29.1 Å². The Bertz CT molecular complexity index is 728. The van der Waals surface area contributed by atoms with Gasteiger partial charge in [-0.3, -0.25) is 0 Å². The topological polar surface area (TPSA) is 104 Å². The highest BCUT2D eigenvalue weighted by Crippen LogP contribution is 2.19. The third-order valence-corrected chi connectivity index (χ3v) is 2.83. The average molecular weight is 305 g/mol. The molecule has 22 heavy (non-hydrogen) atoms. The lowest BCUT2D eigenvalue weighted by molar-refractivity contribution is 0.0523. The molecule has 0 aliphatic heterocycles. The quantitative estimate of drug-likeness (QED) is 0.808. The smallest absolute Gasteiger partial charge is 0.407 e. The number of carbonyl (C=O) groups is 2. The first-order valence-electron chi connectivity index (χ1n) is 6.85. The minimum absolute atomic E-state index is 0.0999. The third kappa shape index (κ3) is 3.75. The van der Waals surface area contributed by atoms with Gasteiger partial charge in [-0.25, -0.2) is 14.6 Å². The fraction of sp³-hybridized carbons (Fsp3) is 0.400. The van der Waals surface area contributed by atoms with Crippen LogP contribution in [0.4, 0.5) is 4.79 Å². The Morgan fingerprint density at radius 2 is 2.05 bits per heavy atom. The lowest BCUT2D eigenvalue weighted by Crippen LogP contribution is -2.32. The fourth-order valence-corrected chi connectivity index (χ4v) is 2.05. The van der Waals surface area contributed by atoms with Crippen LogP contribution < -0.4 is 5.32 Å². The number of H-pyrrole nitrogens is 1. The number of carboxylic acids is 1. The van der Waals surface area contributed by atoms with Crippen molar-refractivity contribution in [2.24, 2.45) is 0 Å². The molecule has 0 atom stereocenters. The van der Waals surface area contributed by atoms with E-state index in [1.165, 1.54) is 6.07 Å². The molecule has 0 spiro atoms. The molecular weight excluding hydrogens is 286 g/mol. The van der Waals surface area contributed by atoms with Crippen LogP contribution in [0.25, 0.3) is 11.0 Å². The summed E-state index contributed by atoms with van der Waals surface area (Å²) >= 11 is 0. The molecule has 2 aromatic rings. The summed E-state index contributed by atoms with van der Waals surface area (Å²) in [7, 11) is 0. The second kappa shape index (κ2) is 5.67. The number of amides is 1. The van der Waals surface area contributed by atoms with Gasteiger partial charge < -0.3 is 20.1 Å². The molecule has 0 aliphatic carbocycles. The van der Waals surface area contributed by atoms with Crippen LogP contribution in [0.15, 0.2) is 12.1 Å². The minimum atomic E-state index is -1.06. The molecule has 3 N–H and O–H groups in total. The van der Waals surface area contributed by atoms with Crippen LogP contribution in [-0.2, 0) is 11.3 Å². The molecule has 0 unspecified atom stereocenters. The molecule has 0 radical (unpaired) electrons. The summed E-state index contributed by atoms with van der Waals surface area (Å²) in [4.78, 5) is 30.2. The Morgan fingerprint density at radius 3 is 2.64 bits per heavy atom. The van der Waals surface area contributed by atoms with Crippen LogP contribution in [0.1, 0.15) is 42.5 Å². The van der Waals surface area contributed by atoms with Gasteiger partial charge in [0.05, 0.1) is 11.1 Å². The third-order valence-electron chi connectivity index (χ3n) is 2.83. The molecule has 1 aromatic heterocycles. The average Bonchev–Trinajstić information content (AvgIpc) is 2.73. The van der Waals surface area contributed by atoms with Crippen LogP contribution in [0.2, 0.25) is 0 Å². The van der Waals surface area contributed by atoms with Crippen LogP contribution >= 0.6 is 0 Å². The zero-order valence-electron chi connectivity index (χ0n) is 13.0. The monoisotopic (exact) mass is 305 g/mol. The van der Waals surface area contributed by atoms with Crippen molar-refractivity contribution in [1.82, 2.24) is 15.3 Å². The molecule has 1 aromatic carbocycles. The zero-order valence-corrected chi connectivity index (χ0v) is 13.0. The van der Waals surface area contributed by atoms with Gasteiger partial charge in [0.15, 0.2) is 0 Å². The van der Waals surface area contributed by atoms with Crippen molar-refractivity contribution in [1.29, 1.82) is 0 Å². The Hall–Kier alpha value is -2.57. The number of rotatable bonds is 3. The number of hydrogen-bond acceptors (Lipinski definition) is 4. The normalized spacial score (nSPS) is 11.5. The number of benzene rings is 1. The SMILES string of the molecule is Cc1nc2c(C(=O)O)cc(CNC(=O)OC(C)(C)C)cc2[nH]1. The van der Waals surface area contributed by atoms with Crippen LogP contribution in [0, 0.1) is 6.92 Å². The second-order valence-corrected chi connectivity index (χ2v) is 6.02. The number of fused-ring (bicyclic) bond motifs is 1. The molecule has 0 aliphatic rings. The lowest BCUT2D eigenvalue weighted by atomic mass is 10.1. The van der Waals surface area contributed by atoms with Gasteiger partial charge >= 0.3 is 12.1 Å². The van der Waals surface area contributed by atoms with E-state index in [2.05, 4.69) is 15.3 Å². The fourth-order valence-electron chi connectivity index (χ4n) is 2.05. The number of alkyl carbamates (subject to hydrolysis) is 1. The highest BCUT2D eigenvalue weighted by Gasteiger charge is 2.17. The maximum Gasteiger partial charge on any atom is 0.407 e. The number of hydrogen-bond donors (Lipinski definition) is 3. The van der Waals surface area contributed by atoms with E-state index in [0.29, 0.717) is 22.4 Å². The number of imidazole rings is 1. The first kappa shape index (κ1) is 15.8. The number of aromatic carboxylic acids is 1. The number of ether oxygens (including phenoxy) is 1. The second-order valence-electron chi connectivity index (χ2n) is 6.02. The summed E-state index contributed by atoms with van der Waals surface area (Å²) in [5, 5.41) is 11.9. The van der Waals surface area contributed by atoms with E-state index in [1.54, 1.807) is 33.8 Å². The molecule has 0 saturated carbocycles. The predicted molar refractivity (Wildman–Crippen MR) is 80.9 cm³/mol. The van der Waals surface area contributed by atoms with Crippen LogP contribution in [0.5, 0.6) is 0 Å². The summed E-state index contributed by atoms with van der Waals surface area (Å²) in [5.74, 6) is -0.426. The number of aromatic nitrogens is 2. The Morgan fingerprint density at radius 1 is 1.36 bits per heavy atom. The number of carboxylic acid groups (broad SMARTS) is 1. The lowest BCUT2D eigenvalue weighted by Gasteiger charge is -2.19. The summed E-state index contributed by atoms with van der Waals surface area (Å²) in [6.07, 6.45) is -0.551. The van der Waals surface area contributed by atoms with E-state index in [1.807, 2.05) is 0 Å². The largest absolute Gasteiger partial charge is 0.478 e. The van der Waals surface area contributed by atoms with Crippen molar-refractivity contribution in [3.63, 3.8) is 0 Å². The van der Waals surface area contributed by atoms with Gasteiger partial charge in [0.2, 0.25) is 0 Å². The molecule has 7 heteroatoms. The molecule has 0 bridgehead atoms. The molecule has 0 fully saturated rings. The molecule has 0 saturated heterocycles. The van der Waals surface area contributed by atoms with Crippen molar-refractivity contribution >= 4 is 23.1 Å². The molecule has 1 amide bonds. The van der Waals surface area contributed by atoms with E-state index in [4.69, 9.17) is 4.74 Å². The first-order valence-corrected chi connectivity index (χ1v) is 6.85. The van der Waals surface area contributed by atoms with Gasteiger partial charge in [-0.15, -0.1) is 0 Å². The number of carbonyl (C=O) groups excluding carboxylic acids is 1. The number of aromatic amines is 1. The van der Waals surface area contributed by atoms with Gasteiger partial charge in [-0.1, -0.05) is 0 Å². The Balaban J connectivity index is 2.21. The Labute approximate surface area is 127 Å². The van der Waals surface area contributed by atoms with Crippen LogP contribution in [-0.4, -0.2) is 32.7 Å². The van der Waals surface area contributed by atoms with Gasteiger partial charge in [-0.2, -0.15) is 0 Å². The Kier molecular flexibility index (Phi) is 4.07. The molecule has 2 rings (SSSR count). The number of nitrogens with one attached hydrogen (secondary N) is 2. The van der Waals surface area contributed by atoms with Crippen LogP contribution in [0.3, 0.4) is 0 Å². The molecule has 7 nitrogen and oxygen atoms in total. The molecule has 1 heterocycles. The molecule has 118 valence electrons. The van der Waals surface area contributed by atoms with Crippen molar-refractivity contribution in [2.75, 3.05) is 0 Å². The van der Waals surface area contributed by atoms with Crippen molar-refractivity contribution < 1.29 is 19.4 Å². The predicted octanol–water partition coefficient (Wildman–Crippen LogP) is 2.59. The molecular formula is C15H19N3O4. The maximum absolute atomic E-state index is 11.6. The van der Waals surface area contributed by atoms with E-state index in [0.717, 1.165) is 0 Å². The highest BCUT2D eigenvalue weighted by molar-refractivity contribution is 6.01. The van der Waals surface area contributed by atoms with Crippen molar-refractivity contribution in [3.8, 4) is 0 Å². The van der Waals surface area contributed by atoms with Gasteiger partial charge in [0, 0.05) is 6.54 Å². The number of aryl methyl sites for hydroxylation is 1. The number of nitrogens with zero attached hydrogens (tertiary/aromatic N) is 1. The van der Waals surface area contributed by atoms with E-state index < -0.39 is 17.7 Å². The zero-order chi connectivity index (χ0) is 16.5. The summed E-state index contributed by atoms with van der Waals surface area (Å²) < 4.78 is 5.14. The van der Waals surface area contributed by atoms with Crippen molar-refractivity contribution in [2.45, 2.75) is 39.8 Å². The maximum atomic E-state index is 11.6. The van der Waals surface area contributed by atoms with E-state index in [9.17, 15) is 14.7 Å².